The molecule has 0 unspecified atom stereocenters. The standard InChI is InChI=1S/C6H4Br2O6S2.2Na/c7-3-1-5(15(9,10)11)4(8)2-6(3)16(12,13)14;;/h1-2H,(H,9,10,11)(H,12,13,14);;/q;2*+1/p-2. The zero-order valence-corrected chi connectivity index (χ0v) is 18.0. The molecule has 0 saturated carbocycles. The topological polar surface area (TPSA) is 114 Å². The van der Waals surface area contributed by atoms with Crippen LogP contribution in [0.5, 0.6) is 0 Å². The predicted molar refractivity (Wildman–Crippen MR) is 57.8 cm³/mol. The first-order valence-electron chi connectivity index (χ1n) is 3.44. The summed E-state index contributed by atoms with van der Waals surface area (Å²) in [4.78, 5) is -1.29. The normalized spacial score (nSPS) is 11.3. The summed E-state index contributed by atoms with van der Waals surface area (Å²) < 4.78 is 63.8. The van der Waals surface area contributed by atoms with Gasteiger partial charge in [0, 0.05) is 8.95 Å². The number of hydrogen-bond acceptors (Lipinski definition) is 6. The second-order valence-electron chi connectivity index (χ2n) is 2.62. The van der Waals surface area contributed by atoms with E-state index in [2.05, 4.69) is 31.9 Å². The fraction of sp³-hybridized carbons (Fsp3) is 0. The molecule has 6 nitrogen and oxygen atoms in total. The molecule has 1 rings (SSSR count). The molecule has 0 radical (unpaired) electrons. The summed E-state index contributed by atoms with van der Waals surface area (Å²) in [6.45, 7) is 0. The second-order valence-corrected chi connectivity index (χ2v) is 7.03. The van der Waals surface area contributed by atoms with E-state index in [1.807, 2.05) is 0 Å². The van der Waals surface area contributed by atoms with E-state index in [9.17, 15) is 25.9 Å². The Balaban J connectivity index is 0. The third kappa shape index (κ3) is 5.78. The average molecular weight is 440 g/mol. The molecule has 0 atom stereocenters. The molecule has 0 bridgehead atoms. The fourth-order valence-electron chi connectivity index (χ4n) is 0.894. The molecule has 0 saturated heterocycles. The molecule has 0 fully saturated rings. The van der Waals surface area contributed by atoms with E-state index in [1.54, 1.807) is 0 Å². The molecule has 0 aliphatic heterocycles. The molecule has 90 valence electrons. The molecule has 0 N–H and O–H groups in total. The Morgan fingerprint density at radius 3 is 1.17 bits per heavy atom. The van der Waals surface area contributed by atoms with Gasteiger partial charge in [-0.05, 0) is 44.0 Å². The first-order valence-corrected chi connectivity index (χ1v) is 7.84. The minimum absolute atomic E-state index is 0. The summed E-state index contributed by atoms with van der Waals surface area (Å²) in [6.07, 6.45) is 0. The van der Waals surface area contributed by atoms with Crippen LogP contribution in [0.25, 0.3) is 0 Å². The van der Waals surface area contributed by atoms with E-state index in [0.29, 0.717) is 0 Å². The second kappa shape index (κ2) is 7.85. The van der Waals surface area contributed by atoms with Crippen LogP contribution in [-0.4, -0.2) is 25.9 Å². The van der Waals surface area contributed by atoms with Gasteiger partial charge in [0.05, 0.1) is 9.79 Å². The van der Waals surface area contributed by atoms with Gasteiger partial charge in [-0.25, -0.2) is 16.8 Å². The molecule has 1 aromatic carbocycles. The maximum Gasteiger partial charge on any atom is 1.00 e. The molecule has 0 aromatic heterocycles. The molecule has 0 spiro atoms. The van der Waals surface area contributed by atoms with E-state index >= 15 is 0 Å². The van der Waals surface area contributed by atoms with Crippen molar-refractivity contribution in [3.63, 3.8) is 0 Å². The van der Waals surface area contributed by atoms with E-state index in [0.717, 1.165) is 12.1 Å². The van der Waals surface area contributed by atoms with Gasteiger partial charge in [0.1, 0.15) is 20.2 Å². The van der Waals surface area contributed by atoms with E-state index in [1.165, 1.54) is 0 Å². The van der Waals surface area contributed by atoms with Crippen molar-refractivity contribution in [2.75, 3.05) is 0 Å². The van der Waals surface area contributed by atoms with Gasteiger partial charge in [-0.2, -0.15) is 0 Å². The molecular weight excluding hydrogens is 438 g/mol. The third-order valence-electron chi connectivity index (χ3n) is 1.53. The Kier molecular flexibility index (Phi) is 9.72. The number of halogens is 2. The van der Waals surface area contributed by atoms with E-state index in [-0.39, 0.29) is 68.1 Å². The predicted octanol–water partition coefficient (Wildman–Crippen LogP) is -4.97. The Bertz CT molecular complexity index is 585. The molecule has 0 aliphatic carbocycles. The van der Waals surface area contributed by atoms with Crippen LogP contribution in [0.15, 0.2) is 30.9 Å². The Labute approximate surface area is 165 Å². The minimum Gasteiger partial charge on any atom is -0.744 e. The average Bonchev–Trinajstić information content (AvgIpc) is 2.04. The Hall–Kier alpha value is 2.00. The molecule has 0 aliphatic rings. The van der Waals surface area contributed by atoms with Crippen LogP contribution < -0.4 is 59.1 Å². The van der Waals surface area contributed by atoms with Crippen molar-refractivity contribution in [3.05, 3.63) is 21.1 Å². The first-order chi connectivity index (χ1) is 7.03. The van der Waals surface area contributed by atoms with Crippen LogP contribution in [0, 0.1) is 0 Å². The van der Waals surface area contributed by atoms with Crippen molar-refractivity contribution in [3.8, 4) is 0 Å². The first kappa shape index (κ1) is 22.3. The third-order valence-corrected chi connectivity index (χ3v) is 5.12. The molecule has 18 heavy (non-hydrogen) atoms. The van der Waals surface area contributed by atoms with Crippen LogP contribution in [0.1, 0.15) is 0 Å². The SMILES string of the molecule is O=S(=O)([O-])c1cc(Br)c(S(=O)(=O)[O-])cc1Br.[Na+].[Na+]. The summed E-state index contributed by atoms with van der Waals surface area (Å²) in [5.41, 5.74) is 0. The quantitative estimate of drug-likeness (QED) is 0.337. The largest absolute Gasteiger partial charge is 1.00 e. The van der Waals surface area contributed by atoms with Gasteiger partial charge in [0.2, 0.25) is 0 Å². The van der Waals surface area contributed by atoms with Crippen molar-refractivity contribution in [1.29, 1.82) is 0 Å². The molecule has 1 aromatic rings. The van der Waals surface area contributed by atoms with Crippen LogP contribution >= 0.6 is 31.9 Å². The molecule has 12 heteroatoms. The summed E-state index contributed by atoms with van der Waals surface area (Å²) in [6, 6.07) is 1.52. The summed E-state index contributed by atoms with van der Waals surface area (Å²) in [7, 11) is -9.48. The van der Waals surface area contributed by atoms with Gasteiger partial charge in [0.25, 0.3) is 0 Å². The van der Waals surface area contributed by atoms with Gasteiger partial charge in [-0.3, -0.25) is 0 Å². The summed E-state index contributed by atoms with van der Waals surface area (Å²) >= 11 is 5.41. The van der Waals surface area contributed by atoms with Crippen molar-refractivity contribution in [2.24, 2.45) is 0 Å². The molecule has 0 amide bonds. The van der Waals surface area contributed by atoms with Gasteiger partial charge in [-0.15, -0.1) is 0 Å². The van der Waals surface area contributed by atoms with Crippen molar-refractivity contribution < 1.29 is 85.1 Å². The van der Waals surface area contributed by atoms with Crippen molar-refractivity contribution in [1.82, 2.24) is 0 Å². The van der Waals surface area contributed by atoms with Gasteiger partial charge in [0.15, 0.2) is 0 Å². The zero-order chi connectivity index (χ0) is 12.7. The number of hydrogen-bond donors (Lipinski definition) is 0. The van der Waals surface area contributed by atoms with Gasteiger partial charge < -0.3 is 9.11 Å². The van der Waals surface area contributed by atoms with E-state index in [4.69, 9.17) is 0 Å². The molecular formula is C6H2Br2Na2O6S2. The van der Waals surface area contributed by atoms with E-state index < -0.39 is 30.0 Å². The van der Waals surface area contributed by atoms with Crippen LogP contribution in [0.4, 0.5) is 0 Å². The summed E-state index contributed by atoms with van der Waals surface area (Å²) in [5, 5.41) is 0. The monoisotopic (exact) mass is 438 g/mol. The minimum atomic E-state index is -4.74. The zero-order valence-electron chi connectivity index (χ0n) is 9.18. The fourth-order valence-corrected chi connectivity index (χ4v) is 4.19. The number of benzene rings is 1. The van der Waals surface area contributed by atoms with Crippen LogP contribution in [0.2, 0.25) is 0 Å². The summed E-state index contributed by atoms with van der Waals surface area (Å²) in [5.74, 6) is 0. The van der Waals surface area contributed by atoms with Crippen LogP contribution in [0.3, 0.4) is 0 Å². The Morgan fingerprint density at radius 1 is 0.778 bits per heavy atom. The maximum atomic E-state index is 10.7. The van der Waals surface area contributed by atoms with Gasteiger partial charge >= 0.3 is 59.1 Å². The van der Waals surface area contributed by atoms with Gasteiger partial charge in [-0.1, -0.05) is 0 Å². The Morgan fingerprint density at radius 2 is 1.00 bits per heavy atom. The smallest absolute Gasteiger partial charge is 0.744 e. The van der Waals surface area contributed by atoms with Crippen LogP contribution in [-0.2, 0) is 20.2 Å². The van der Waals surface area contributed by atoms with Crippen molar-refractivity contribution in [2.45, 2.75) is 9.79 Å². The van der Waals surface area contributed by atoms with Crippen molar-refractivity contribution >= 4 is 52.1 Å². The molecule has 0 heterocycles. The maximum absolute atomic E-state index is 10.7. The number of rotatable bonds is 2.